The van der Waals surface area contributed by atoms with Crippen molar-refractivity contribution in [3.05, 3.63) is 81.9 Å². The van der Waals surface area contributed by atoms with Crippen molar-refractivity contribution < 1.29 is 19.4 Å². The SMILES string of the molecule is Cc1nc(Oc2ccccc2)ccc1C1(N)C(=O)C(N)c2c(C(=O)O)sc3c(N)ccc1c23. The molecule has 4 aromatic rings. The molecule has 33 heavy (non-hydrogen) atoms. The van der Waals surface area contributed by atoms with E-state index in [2.05, 4.69) is 4.98 Å². The second-order valence-corrected chi connectivity index (χ2v) is 8.92. The number of Topliss-reactive ketones (excluding diaryl/α,β-unsaturated/α-hetero) is 1. The van der Waals surface area contributed by atoms with Gasteiger partial charge in [0.2, 0.25) is 5.88 Å². The fourth-order valence-electron chi connectivity index (χ4n) is 4.44. The number of ketones is 1. The van der Waals surface area contributed by atoms with Gasteiger partial charge in [0, 0.05) is 34.0 Å². The number of carboxylic acid groups (broad SMARTS) is 1. The first-order valence-corrected chi connectivity index (χ1v) is 10.9. The Balaban J connectivity index is 1.70. The van der Waals surface area contributed by atoms with Crippen molar-refractivity contribution in [2.75, 3.05) is 5.73 Å². The van der Waals surface area contributed by atoms with Gasteiger partial charge in [0.05, 0.1) is 10.7 Å². The summed E-state index contributed by atoms with van der Waals surface area (Å²) in [6.07, 6.45) is 0. The summed E-state index contributed by atoms with van der Waals surface area (Å²) in [5.41, 5.74) is 19.7. The lowest BCUT2D eigenvalue weighted by atomic mass is 9.70. The highest BCUT2D eigenvalue weighted by Gasteiger charge is 2.49. The molecule has 2 unspecified atom stereocenters. The van der Waals surface area contributed by atoms with Gasteiger partial charge >= 0.3 is 5.97 Å². The molecule has 2 aromatic carbocycles. The predicted octanol–water partition coefficient (Wildman–Crippen LogP) is 3.46. The van der Waals surface area contributed by atoms with Crippen molar-refractivity contribution in [1.82, 2.24) is 4.98 Å². The molecule has 0 saturated carbocycles. The zero-order chi connectivity index (χ0) is 23.5. The smallest absolute Gasteiger partial charge is 0.346 e. The van der Waals surface area contributed by atoms with Crippen molar-refractivity contribution in [2.45, 2.75) is 18.5 Å². The molecule has 2 aromatic heterocycles. The van der Waals surface area contributed by atoms with Crippen LogP contribution in [0.15, 0.2) is 54.6 Å². The van der Waals surface area contributed by atoms with E-state index in [0.717, 1.165) is 11.3 Å². The second-order valence-electron chi connectivity index (χ2n) is 7.90. The van der Waals surface area contributed by atoms with Crippen LogP contribution in [0, 0.1) is 6.92 Å². The summed E-state index contributed by atoms with van der Waals surface area (Å²) in [5, 5.41) is 10.2. The number of nitrogens with two attached hydrogens (primary N) is 3. The van der Waals surface area contributed by atoms with Gasteiger partial charge in [-0.2, -0.15) is 0 Å². The lowest BCUT2D eigenvalue weighted by Gasteiger charge is -2.37. The van der Waals surface area contributed by atoms with Gasteiger partial charge in [-0.15, -0.1) is 11.3 Å². The summed E-state index contributed by atoms with van der Waals surface area (Å²) >= 11 is 0.999. The number of aryl methyl sites for hydroxylation is 1. The molecule has 9 heteroatoms. The summed E-state index contributed by atoms with van der Waals surface area (Å²) in [5.74, 6) is -0.696. The summed E-state index contributed by atoms with van der Waals surface area (Å²) < 4.78 is 6.35. The molecule has 1 aliphatic carbocycles. The third-order valence-electron chi connectivity index (χ3n) is 5.96. The van der Waals surface area contributed by atoms with E-state index in [1.165, 1.54) is 0 Å². The number of pyridine rings is 1. The highest BCUT2D eigenvalue weighted by Crippen LogP contribution is 2.49. The average molecular weight is 461 g/mol. The van der Waals surface area contributed by atoms with Crippen LogP contribution in [-0.2, 0) is 10.3 Å². The fourth-order valence-corrected chi connectivity index (χ4v) is 5.58. The Bertz CT molecular complexity index is 1450. The monoisotopic (exact) mass is 460 g/mol. The van der Waals surface area contributed by atoms with Crippen LogP contribution in [0.5, 0.6) is 11.6 Å². The lowest BCUT2D eigenvalue weighted by molar-refractivity contribution is -0.124. The molecule has 0 saturated heterocycles. The number of carbonyl (C=O) groups excluding carboxylic acids is 1. The number of hydrogen-bond donors (Lipinski definition) is 4. The molecular weight excluding hydrogens is 440 g/mol. The van der Waals surface area contributed by atoms with E-state index in [9.17, 15) is 14.7 Å². The van der Waals surface area contributed by atoms with Gasteiger partial charge < -0.3 is 27.0 Å². The number of carboxylic acids is 1. The Hall–Kier alpha value is -3.79. The Morgan fingerprint density at radius 1 is 1.12 bits per heavy atom. The van der Waals surface area contributed by atoms with Crippen LogP contribution in [0.2, 0.25) is 0 Å². The number of anilines is 1. The molecular formula is C24H20N4O4S. The van der Waals surface area contributed by atoms with E-state index in [0.29, 0.717) is 44.2 Å². The van der Waals surface area contributed by atoms with Gasteiger partial charge in [0.15, 0.2) is 5.78 Å². The minimum absolute atomic E-state index is 0.00601. The van der Waals surface area contributed by atoms with Crippen LogP contribution >= 0.6 is 11.3 Å². The van der Waals surface area contributed by atoms with Crippen molar-refractivity contribution >= 4 is 38.9 Å². The van der Waals surface area contributed by atoms with Gasteiger partial charge in [-0.3, -0.25) is 4.79 Å². The summed E-state index contributed by atoms with van der Waals surface area (Å²) in [6, 6.07) is 14.6. The van der Waals surface area contributed by atoms with Crippen LogP contribution < -0.4 is 21.9 Å². The van der Waals surface area contributed by atoms with Crippen LogP contribution in [0.25, 0.3) is 10.1 Å². The second kappa shape index (κ2) is 7.38. The van der Waals surface area contributed by atoms with E-state index in [1.54, 1.807) is 31.2 Å². The van der Waals surface area contributed by atoms with Crippen LogP contribution in [-0.4, -0.2) is 21.8 Å². The number of thiophene rings is 1. The third kappa shape index (κ3) is 3.01. The lowest BCUT2D eigenvalue weighted by Crippen LogP contribution is -2.53. The van der Waals surface area contributed by atoms with Gasteiger partial charge in [-0.25, -0.2) is 9.78 Å². The first-order chi connectivity index (χ1) is 15.7. The van der Waals surface area contributed by atoms with E-state index < -0.39 is 23.3 Å². The van der Waals surface area contributed by atoms with E-state index in [-0.39, 0.29) is 10.4 Å². The molecule has 0 spiro atoms. The number of rotatable bonds is 4. The standard InChI is InChI=1S/C24H20N4O4S/c1-11-13(8-10-16(28-11)32-12-5-3-2-4-6-12)24(27)14-7-9-15(25)20-17(14)18(19(26)22(24)29)21(33-20)23(30)31/h2-10,19H,25-27H2,1H3,(H,30,31). The highest BCUT2D eigenvalue weighted by molar-refractivity contribution is 7.21. The maximum absolute atomic E-state index is 13.6. The largest absolute Gasteiger partial charge is 0.477 e. The molecule has 0 amide bonds. The zero-order valence-electron chi connectivity index (χ0n) is 17.5. The van der Waals surface area contributed by atoms with Crippen molar-refractivity contribution in [3.63, 3.8) is 0 Å². The summed E-state index contributed by atoms with van der Waals surface area (Å²) in [7, 11) is 0. The number of hydrogen-bond acceptors (Lipinski definition) is 8. The molecule has 166 valence electrons. The maximum atomic E-state index is 13.6. The molecule has 8 nitrogen and oxygen atoms in total. The van der Waals surface area contributed by atoms with E-state index in [1.807, 2.05) is 30.3 Å². The van der Waals surface area contributed by atoms with Crippen LogP contribution in [0.3, 0.4) is 0 Å². The van der Waals surface area contributed by atoms with Crippen molar-refractivity contribution in [3.8, 4) is 11.6 Å². The van der Waals surface area contributed by atoms with E-state index in [4.69, 9.17) is 21.9 Å². The average Bonchev–Trinajstić information content (AvgIpc) is 3.20. The molecule has 0 fully saturated rings. The molecule has 0 bridgehead atoms. The molecule has 2 heterocycles. The highest BCUT2D eigenvalue weighted by atomic mass is 32.1. The Morgan fingerprint density at radius 2 is 1.82 bits per heavy atom. The van der Waals surface area contributed by atoms with Gasteiger partial charge in [-0.1, -0.05) is 24.3 Å². The topological polar surface area (TPSA) is 155 Å². The Labute approximate surface area is 192 Å². The number of nitrogens with zero attached hydrogens (tertiary/aromatic N) is 1. The third-order valence-corrected chi connectivity index (χ3v) is 7.20. The predicted molar refractivity (Wildman–Crippen MR) is 126 cm³/mol. The van der Waals surface area contributed by atoms with Crippen molar-refractivity contribution in [2.24, 2.45) is 11.5 Å². The number of aromatic carboxylic acids is 1. The van der Waals surface area contributed by atoms with Gasteiger partial charge in [0.1, 0.15) is 16.2 Å². The molecule has 5 rings (SSSR count). The van der Waals surface area contributed by atoms with Crippen LogP contribution in [0.1, 0.15) is 38.1 Å². The Morgan fingerprint density at radius 3 is 2.48 bits per heavy atom. The quantitative estimate of drug-likeness (QED) is 0.338. The number of ether oxygens (including phenoxy) is 1. The Kier molecular flexibility index (Phi) is 4.71. The normalized spacial score (nSPS) is 19.6. The first kappa shape index (κ1) is 21.1. The van der Waals surface area contributed by atoms with Gasteiger partial charge in [-0.05, 0) is 36.8 Å². The number of nitrogen functional groups attached to an aromatic ring is 1. The molecule has 1 aliphatic rings. The minimum Gasteiger partial charge on any atom is -0.477 e. The van der Waals surface area contributed by atoms with Gasteiger partial charge in [0.25, 0.3) is 0 Å². The first-order valence-electron chi connectivity index (χ1n) is 10.1. The molecule has 7 N–H and O–H groups in total. The number of carbonyl (C=O) groups is 2. The molecule has 0 aliphatic heterocycles. The number of para-hydroxylation sites is 1. The maximum Gasteiger partial charge on any atom is 0.346 e. The van der Waals surface area contributed by atoms with E-state index >= 15 is 0 Å². The van der Waals surface area contributed by atoms with Crippen LogP contribution in [0.4, 0.5) is 5.69 Å². The number of benzene rings is 2. The zero-order valence-corrected chi connectivity index (χ0v) is 18.3. The summed E-state index contributed by atoms with van der Waals surface area (Å²) in [6.45, 7) is 1.74. The molecule has 2 atom stereocenters. The minimum atomic E-state index is -1.63. The number of aromatic nitrogens is 1. The molecule has 0 radical (unpaired) electrons. The fraction of sp³-hybridized carbons (Fsp3) is 0.125. The van der Waals surface area contributed by atoms with Crippen molar-refractivity contribution in [1.29, 1.82) is 0 Å². The summed E-state index contributed by atoms with van der Waals surface area (Å²) in [4.78, 5) is 30.0.